The maximum atomic E-state index is 12.7. The van der Waals surface area contributed by atoms with Crippen molar-refractivity contribution in [2.75, 3.05) is 31.1 Å². The fourth-order valence-corrected chi connectivity index (χ4v) is 3.87. The zero-order valence-electron chi connectivity index (χ0n) is 16.0. The predicted molar refractivity (Wildman–Crippen MR) is 108 cm³/mol. The molecule has 1 saturated heterocycles. The molecular formula is C22H21N5O. The highest BCUT2D eigenvalue weighted by molar-refractivity contribution is 5.97. The number of benzene rings is 1. The number of aryl methyl sites for hydroxylation is 2. The van der Waals surface area contributed by atoms with E-state index in [1.807, 2.05) is 11.8 Å². The van der Waals surface area contributed by atoms with Crippen LogP contribution in [0, 0.1) is 25.2 Å². The standard InChI is InChI=1S/C22H21N5O/c1-15-10-16(2)20-19(11-15)21(18(12-23)14-25-20)26-6-8-27(9-7-26)22(28)17-4-3-5-24-13-17/h3-5,10-11,13-14H,6-9H2,1-2H3. The highest BCUT2D eigenvalue weighted by Crippen LogP contribution is 2.32. The van der Waals surface area contributed by atoms with Gasteiger partial charge in [0.25, 0.3) is 5.91 Å². The number of carbonyl (C=O) groups is 1. The van der Waals surface area contributed by atoms with E-state index in [4.69, 9.17) is 0 Å². The molecule has 0 saturated carbocycles. The maximum Gasteiger partial charge on any atom is 0.255 e. The van der Waals surface area contributed by atoms with Crippen LogP contribution in [0.2, 0.25) is 0 Å². The van der Waals surface area contributed by atoms with E-state index < -0.39 is 0 Å². The zero-order valence-corrected chi connectivity index (χ0v) is 16.0. The van der Waals surface area contributed by atoms with Crippen molar-refractivity contribution in [3.63, 3.8) is 0 Å². The third kappa shape index (κ3) is 3.16. The Balaban J connectivity index is 1.64. The summed E-state index contributed by atoms with van der Waals surface area (Å²) in [7, 11) is 0. The normalized spacial score (nSPS) is 14.2. The Morgan fingerprint density at radius 1 is 1.14 bits per heavy atom. The molecule has 0 aliphatic carbocycles. The first-order valence-electron chi connectivity index (χ1n) is 9.33. The molecule has 1 amide bonds. The Hall–Kier alpha value is -3.46. The number of anilines is 1. The van der Waals surface area contributed by atoms with Crippen LogP contribution in [-0.2, 0) is 0 Å². The number of pyridine rings is 2. The third-order valence-corrected chi connectivity index (χ3v) is 5.19. The van der Waals surface area contributed by atoms with Crippen LogP contribution in [0.25, 0.3) is 10.9 Å². The van der Waals surface area contributed by atoms with Crippen molar-refractivity contribution in [2.45, 2.75) is 13.8 Å². The average Bonchev–Trinajstić information content (AvgIpc) is 2.73. The maximum absolute atomic E-state index is 12.7. The molecule has 2 aromatic heterocycles. The van der Waals surface area contributed by atoms with Crippen molar-refractivity contribution in [2.24, 2.45) is 0 Å². The lowest BCUT2D eigenvalue weighted by atomic mass is 10.0. The van der Waals surface area contributed by atoms with E-state index in [-0.39, 0.29) is 5.91 Å². The zero-order chi connectivity index (χ0) is 19.7. The van der Waals surface area contributed by atoms with Crippen molar-refractivity contribution >= 4 is 22.5 Å². The molecule has 0 N–H and O–H groups in total. The molecule has 0 radical (unpaired) electrons. The van der Waals surface area contributed by atoms with Crippen LogP contribution in [0.4, 0.5) is 5.69 Å². The third-order valence-electron chi connectivity index (χ3n) is 5.19. The fraction of sp³-hybridized carbons (Fsp3) is 0.273. The molecule has 0 spiro atoms. The van der Waals surface area contributed by atoms with Gasteiger partial charge in [-0.05, 0) is 37.6 Å². The number of rotatable bonds is 2. The van der Waals surface area contributed by atoms with Gasteiger partial charge in [0.2, 0.25) is 0 Å². The molecule has 3 aromatic rings. The van der Waals surface area contributed by atoms with Crippen molar-refractivity contribution in [3.8, 4) is 6.07 Å². The second-order valence-corrected chi connectivity index (χ2v) is 7.13. The van der Waals surface area contributed by atoms with Crippen LogP contribution in [-0.4, -0.2) is 47.0 Å². The van der Waals surface area contributed by atoms with Gasteiger partial charge in [-0.3, -0.25) is 14.8 Å². The number of carbonyl (C=O) groups excluding carboxylic acids is 1. The molecule has 3 heterocycles. The molecular weight excluding hydrogens is 350 g/mol. The number of hydrogen-bond acceptors (Lipinski definition) is 5. The molecule has 0 atom stereocenters. The minimum absolute atomic E-state index is 0.000433. The van der Waals surface area contributed by atoms with Gasteiger partial charge in [0.15, 0.2) is 0 Å². The molecule has 1 aliphatic rings. The summed E-state index contributed by atoms with van der Waals surface area (Å²) in [6.45, 7) is 6.66. The van der Waals surface area contributed by atoms with Crippen molar-refractivity contribution in [1.82, 2.24) is 14.9 Å². The van der Waals surface area contributed by atoms with Crippen molar-refractivity contribution in [1.29, 1.82) is 5.26 Å². The average molecular weight is 371 g/mol. The number of fused-ring (bicyclic) bond motifs is 1. The Kier molecular flexibility index (Phi) is 4.66. The summed E-state index contributed by atoms with van der Waals surface area (Å²) >= 11 is 0. The molecule has 0 unspecified atom stereocenters. The van der Waals surface area contributed by atoms with Crippen molar-refractivity contribution < 1.29 is 4.79 Å². The Morgan fingerprint density at radius 3 is 2.61 bits per heavy atom. The second kappa shape index (κ2) is 7.28. The largest absolute Gasteiger partial charge is 0.366 e. The molecule has 28 heavy (non-hydrogen) atoms. The number of hydrogen-bond donors (Lipinski definition) is 0. The summed E-state index contributed by atoms with van der Waals surface area (Å²) in [5, 5.41) is 10.7. The Bertz CT molecular complexity index is 1080. The lowest BCUT2D eigenvalue weighted by molar-refractivity contribution is 0.0746. The van der Waals surface area contributed by atoms with E-state index in [1.165, 1.54) is 0 Å². The minimum Gasteiger partial charge on any atom is -0.366 e. The first-order valence-corrected chi connectivity index (χ1v) is 9.33. The van der Waals surface area contributed by atoms with Gasteiger partial charge < -0.3 is 9.80 Å². The van der Waals surface area contributed by atoms with E-state index in [2.05, 4.69) is 40.0 Å². The molecule has 1 aromatic carbocycles. The van der Waals surface area contributed by atoms with E-state index >= 15 is 0 Å². The molecule has 140 valence electrons. The molecule has 0 bridgehead atoms. The predicted octanol–water partition coefficient (Wildman–Crippen LogP) is 3.08. The fourth-order valence-electron chi connectivity index (χ4n) is 3.87. The summed E-state index contributed by atoms with van der Waals surface area (Å²) in [6, 6.07) is 10.1. The van der Waals surface area contributed by atoms with E-state index in [0.717, 1.165) is 27.7 Å². The summed E-state index contributed by atoms with van der Waals surface area (Å²) in [6.07, 6.45) is 4.92. The topological polar surface area (TPSA) is 73.1 Å². The first kappa shape index (κ1) is 17.9. The van der Waals surface area contributed by atoms with Crippen molar-refractivity contribution in [3.05, 3.63) is 65.1 Å². The van der Waals surface area contributed by atoms with Gasteiger partial charge in [0, 0.05) is 50.2 Å². The second-order valence-electron chi connectivity index (χ2n) is 7.13. The van der Waals surface area contributed by atoms with Gasteiger partial charge in [-0.2, -0.15) is 5.26 Å². The van der Waals surface area contributed by atoms with Crippen LogP contribution in [0.15, 0.2) is 42.9 Å². The number of nitriles is 1. The van der Waals surface area contributed by atoms with Crippen LogP contribution >= 0.6 is 0 Å². The van der Waals surface area contributed by atoms with Crippen LogP contribution in [0.5, 0.6) is 0 Å². The summed E-state index contributed by atoms with van der Waals surface area (Å²) < 4.78 is 0. The number of nitrogens with zero attached hydrogens (tertiary/aromatic N) is 5. The molecule has 4 rings (SSSR count). The Morgan fingerprint density at radius 2 is 1.93 bits per heavy atom. The van der Waals surface area contributed by atoms with Crippen LogP contribution in [0.3, 0.4) is 0 Å². The monoisotopic (exact) mass is 371 g/mol. The molecule has 1 fully saturated rings. The lowest BCUT2D eigenvalue weighted by Gasteiger charge is -2.37. The van der Waals surface area contributed by atoms with E-state index in [0.29, 0.717) is 37.3 Å². The lowest BCUT2D eigenvalue weighted by Crippen LogP contribution is -2.49. The highest BCUT2D eigenvalue weighted by Gasteiger charge is 2.25. The van der Waals surface area contributed by atoms with Gasteiger partial charge in [0.1, 0.15) is 6.07 Å². The summed E-state index contributed by atoms with van der Waals surface area (Å²) in [5.74, 6) is -0.000433. The number of amides is 1. The van der Waals surface area contributed by atoms with Gasteiger partial charge >= 0.3 is 0 Å². The highest BCUT2D eigenvalue weighted by atomic mass is 16.2. The van der Waals surface area contributed by atoms with Gasteiger partial charge in [-0.25, -0.2) is 0 Å². The van der Waals surface area contributed by atoms with Crippen LogP contribution in [0.1, 0.15) is 27.0 Å². The SMILES string of the molecule is Cc1cc(C)c2ncc(C#N)c(N3CCN(C(=O)c4cccnc4)CC3)c2c1. The van der Waals surface area contributed by atoms with Gasteiger partial charge in [-0.1, -0.05) is 11.6 Å². The van der Waals surface area contributed by atoms with Gasteiger partial charge in [0.05, 0.1) is 22.3 Å². The minimum atomic E-state index is -0.000433. The van der Waals surface area contributed by atoms with Gasteiger partial charge in [-0.15, -0.1) is 0 Å². The Labute approximate surface area is 164 Å². The van der Waals surface area contributed by atoms with E-state index in [9.17, 15) is 10.1 Å². The summed E-state index contributed by atoms with van der Waals surface area (Å²) in [5.41, 5.74) is 5.28. The van der Waals surface area contributed by atoms with Crippen LogP contribution < -0.4 is 4.90 Å². The molecule has 1 aliphatic heterocycles. The van der Waals surface area contributed by atoms with E-state index in [1.54, 1.807) is 30.7 Å². The summed E-state index contributed by atoms with van der Waals surface area (Å²) in [4.78, 5) is 25.3. The smallest absolute Gasteiger partial charge is 0.255 e. The first-order chi connectivity index (χ1) is 13.6. The molecule has 6 heteroatoms. The molecule has 6 nitrogen and oxygen atoms in total. The number of piperazine rings is 1. The quantitative estimate of drug-likeness (QED) is 0.692. The number of aromatic nitrogens is 2.